The van der Waals surface area contributed by atoms with E-state index in [9.17, 15) is 18.5 Å². The van der Waals surface area contributed by atoms with E-state index in [-0.39, 0.29) is 0 Å². The van der Waals surface area contributed by atoms with Crippen LogP contribution in [0.4, 0.5) is 11.4 Å². The highest BCUT2D eigenvalue weighted by molar-refractivity contribution is 7.86. The molecule has 0 spiro atoms. The first-order valence-electron chi connectivity index (χ1n) is 3.48. The second-order valence-corrected chi connectivity index (χ2v) is 4.00. The molecular weight excluding hydrogens is 228 g/mol. The Morgan fingerprint density at radius 2 is 1.93 bits per heavy atom. The van der Waals surface area contributed by atoms with Gasteiger partial charge in [-0.1, -0.05) is 0 Å². The van der Waals surface area contributed by atoms with E-state index in [1.54, 1.807) is 0 Å². The van der Waals surface area contributed by atoms with Crippen LogP contribution in [0, 0.1) is 10.1 Å². The molecule has 8 nitrogen and oxygen atoms in total. The second kappa shape index (κ2) is 3.37. The average molecular weight is 234 g/mol. The van der Waals surface area contributed by atoms with Crippen LogP contribution in [0.15, 0.2) is 17.0 Å². The van der Waals surface area contributed by atoms with Gasteiger partial charge in [0.25, 0.3) is 15.8 Å². The van der Waals surface area contributed by atoms with Crippen molar-refractivity contribution in [2.75, 3.05) is 5.73 Å². The van der Waals surface area contributed by atoms with Crippen LogP contribution in [0.5, 0.6) is 5.75 Å². The van der Waals surface area contributed by atoms with E-state index in [2.05, 4.69) is 0 Å². The molecule has 0 saturated heterocycles. The van der Waals surface area contributed by atoms with Crippen molar-refractivity contribution >= 4 is 21.5 Å². The van der Waals surface area contributed by atoms with Crippen LogP contribution in [0.25, 0.3) is 0 Å². The number of phenols is 1. The van der Waals surface area contributed by atoms with Gasteiger partial charge in [0.2, 0.25) is 0 Å². The van der Waals surface area contributed by atoms with Gasteiger partial charge >= 0.3 is 0 Å². The fourth-order valence-electron chi connectivity index (χ4n) is 0.962. The maximum Gasteiger partial charge on any atom is 0.297 e. The maximum atomic E-state index is 10.7. The third kappa shape index (κ3) is 2.14. The highest BCUT2D eigenvalue weighted by Gasteiger charge is 2.23. The van der Waals surface area contributed by atoms with Crippen LogP contribution >= 0.6 is 0 Å². The lowest BCUT2D eigenvalue weighted by Crippen LogP contribution is -2.05. The van der Waals surface area contributed by atoms with Crippen molar-refractivity contribution in [3.8, 4) is 5.75 Å². The smallest absolute Gasteiger partial charge is 0.297 e. The van der Waals surface area contributed by atoms with Crippen LogP contribution in [0.1, 0.15) is 0 Å². The van der Waals surface area contributed by atoms with Gasteiger partial charge in [0.15, 0.2) is 0 Å². The summed E-state index contributed by atoms with van der Waals surface area (Å²) in [6.45, 7) is 0. The van der Waals surface area contributed by atoms with Crippen molar-refractivity contribution in [1.29, 1.82) is 0 Å². The third-order valence-corrected chi connectivity index (χ3v) is 2.47. The van der Waals surface area contributed by atoms with E-state index in [1.165, 1.54) is 0 Å². The largest absolute Gasteiger partial charge is 0.508 e. The van der Waals surface area contributed by atoms with E-state index in [0.29, 0.717) is 12.1 Å². The molecule has 0 bridgehead atoms. The average Bonchev–Trinajstić information content (AvgIpc) is 2.06. The molecule has 1 aromatic rings. The van der Waals surface area contributed by atoms with Crippen molar-refractivity contribution in [2.45, 2.75) is 4.90 Å². The van der Waals surface area contributed by atoms with Gasteiger partial charge in [-0.15, -0.1) is 0 Å². The Morgan fingerprint density at radius 3 is 2.33 bits per heavy atom. The van der Waals surface area contributed by atoms with Crippen molar-refractivity contribution in [3.05, 3.63) is 22.2 Å². The van der Waals surface area contributed by atoms with E-state index >= 15 is 0 Å². The number of hydrogen-bond donors (Lipinski definition) is 3. The number of phenolic OH excluding ortho intramolecular Hbond substituents is 1. The molecule has 0 aliphatic heterocycles. The lowest BCUT2D eigenvalue weighted by atomic mass is 10.2. The predicted molar refractivity (Wildman–Crippen MR) is 49.0 cm³/mol. The molecule has 0 aliphatic rings. The number of benzene rings is 1. The number of aromatic hydroxyl groups is 1. The van der Waals surface area contributed by atoms with Crippen LogP contribution in [-0.4, -0.2) is 23.0 Å². The first-order chi connectivity index (χ1) is 6.73. The number of nitrogen functional groups attached to an aromatic ring is 1. The minimum atomic E-state index is -4.70. The normalized spacial score (nSPS) is 11.3. The molecule has 0 fully saturated rings. The standard InChI is InChI=1S/C6H6N2O6S/c7-6-4(8(10)11)1-3(9)2-5(6)15(12,13)14/h1-2,9H,7H2,(H,12,13,14). The van der Waals surface area contributed by atoms with Crippen LogP contribution in [0.3, 0.4) is 0 Å². The minimum Gasteiger partial charge on any atom is -0.508 e. The lowest BCUT2D eigenvalue weighted by molar-refractivity contribution is -0.384. The number of anilines is 1. The number of nitro benzene ring substituents is 1. The van der Waals surface area contributed by atoms with Crippen molar-refractivity contribution < 1.29 is 23.0 Å². The summed E-state index contributed by atoms with van der Waals surface area (Å²) in [5, 5.41) is 19.4. The molecule has 1 aromatic carbocycles. The second-order valence-electron chi connectivity index (χ2n) is 2.61. The zero-order valence-corrected chi connectivity index (χ0v) is 7.93. The van der Waals surface area contributed by atoms with Crippen LogP contribution < -0.4 is 5.73 Å². The number of nitro groups is 1. The highest BCUT2D eigenvalue weighted by atomic mass is 32.2. The summed E-state index contributed by atoms with van der Waals surface area (Å²) >= 11 is 0. The number of hydrogen-bond acceptors (Lipinski definition) is 6. The van der Waals surface area contributed by atoms with Gasteiger partial charge in [-0.25, -0.2) is 0 Å². The van der Waals surface area contributed by atoms with Gasteiger partial charge in [0, 0.05) is 6.07 Å². The molecule has 0 amide bonds. The zero-order valence-electron chi connectivity index (χ0n) is 7.11. The van der Waals surface area contributed by atoms with E-state index in [4.69, 9.17) is 15.4 Å². The topological polar surface area (TPSA) is 144 Å². The lowest BCUT2D eigenvalue weighted by Gasteiger charge is -2.03. The van der Waals surface area contributed by atoms with Crippen molar-refractivity contribution in [1.82, 2.24) is 0 Å². The molecule has 0 unspecified atom stereocenters. The Labute approximate surface area is 83.8 Å². The minimum absolute atomic E-state index is 0.623. The molecular formula is C6H6N2O6S. The number of rotatable bonds is 2. The molecule has 9 heteroatoms. The summed E-state index contributed by atoms with van der Waals surface area (Å²) in [6.07, 6.45) is 0. The maximum absolute atomic E-state index is 10.7. The SMILES string of the molecule is Nc1c([N+](=O)[O-])cc(O)cc1S(=O)(=O)O. The monoisotopic (exact) mass is 234 g/mol. The van der Waals surface area contributed by atoms with Crippen molar-refractivity contribution in [2.24, 2.45) is 0 Å². The van der Waals surface area contributed by atoms with E-state index in [0.717, 1.165) is 0 Å². The summed E-state index contributed by atoms with van der Waals surface area (Å²) < 4.78 is 30.1. The van der Waals surface area contributed by atoms with Gasteiger partial charge in [-0.3, -0.25) is 14.7 Å². The highest BCUT2D eigenvalue weighted by Crippen LogP contribution is 2.32. The summed E-state index contributed by atoms with van der Waals surface area (Å²) in [4.78, 5) is 8.53. The van der Waals surface area contributed by atoms with E-state index < -0.39 is 37.1 Å². The molecule has 82 valence electrons. The molecule has 15 heavy (non-hydrogen) atoms. The molecule has 0 heterocycles. The van der Waals surface area contributed by atoms with Gasteiger partial charge in [0.1, 0.15) is 16.3 Å². The Balaban J connectivity index is 3.63. The summed E-state index contributed by atoms with van der Waals surface area (Å²) in [7, 11) is -4.70. The Kier molecular flexibility index (Phi) is 2.51. The number of nitrogens with zero attached hydrogens (tertiary/aromatic N) is 1. The van der Waals surface area contributed by atoms with Crippen molar-refractivity contribution in [3.63, 3.8) is 0 Å². The molecule has 4 N–H and O–H groups in total. The molecule has 0 atom stereocenters. The van der Waals surface area contributed by atoms with Gasteiger partial charge in [0.05, 0.1) is 11.0 Å². The summed E-state index contributed by atoms with van der Waals surface area (Å²) in [5.41, 5.74) is 3.64. The summed E-state index contributed by atoms with van der Waals surface area (Å²) in [5.74, 6) is -0.677. The Morgan fingerprint density at radius 1 is 1.40 bits per heavy atom. The third-order valence-electron chi connectivity index (χ3n) is 1.58. The molecule has 0 aliphatic carbocycles. The first-order valence-corrected chi connectivity index (χ1v) is 4.92. The summed E-state index contributed by atoms with van der Waals surface area (Å²) in [6, 6.07) is 1.31. The van der Waals surface area contributed by atoms with Gasteiger partial charge in [-0.05, 0) is 0 Å². The molecule has 0 aromatic heterocycles. The van der Waals surface area contributed by atoms with Crippen LogP contribution in [0.2, 0.25) is 0 Å². The predicted octanol–water partition coefficient (Wildman–Crippen LogP) is 0.129. The first kappa shape index (κ1) is 11.2. The van der Waals surface area contributed by atoms with E-state index in [1.807, 2.05) is 0 Å². The van der Waals surface area contributed by atoms with Gasteiger partial charge < -0.3 is 10.8 Å². The Bertz CT molecular complexity index is 523. The number of nitrogens with two attached hydrogens (primary N) is 1. The van der Waals surface area contributed by atoms with Crippen LogP contribution in [-0.2, 0) is 10.1 Å². The Hall–Kier alpha value is -1.87. The molecule has 0 radical (unpaired) electrons. The zero-order chi connectivity index (χ0) is 11.8. The quantitative estimate of drug-likeness (QED) is 0.217. The molecule has 0 saturated carbocycles. The van der Waals surface area contributed by atoms with Gasteiger partial charge in [-0.2, -0.15) is 8.42 Å². The fourth-order valence-corrected chi connectivity index (χ4v) is 1.61. The fraction of sp³-hybridized carbons (Fsp3) is 0. The molecule has 1 rings (SSSR count).